The molecule has 0 fully saturated rings. The topological polar surface area (TPSA) is 0 Å². The van der Waals surface area contributed by atoms with Gasteiger partial charge in [0.1, 0.15) is 0 Å². The zero-order valence-electron chi connectivity index (χ0n) is 7.32. The van der Waals surface area contributed by atoms with Crippen LogP contribution in [0.2, 0.25) is 0 Å². The van der Waals surface area contributed by atoms with Crippen molar-refractivity contribution < 1.29 is 0 Å². The van der Waals surface area contributed by atoms with Gasteiger partial charge in [-0.3, -0.25) is 0 Å². The van der Waals surface area contributed by atoms with Gasteiger partial charge >= 0.3 is 0 Å². The fourth-order valence-corrected chi connectivity index (χ4v) is 3.77. The first-order chi connectivity index (χ1) is 6.36. The van der Waals surface area contributed by atoms with Crippen molar-refractivity contribution in [1.29, 1.82) is 0 Å². The van der Waals surface area contributed by atoms with Gasteiger partial charge in [0, 0.05) is 20.4 Å². The van der Waals surface area contributed by atoms with Gasteiger partial charge < -0.3 is 0 Å². The van der Waals surface area contributed by atoms with E-state index in [0.29, 0.717) is 0 Å². The normalized spacial score (nSPS) is 10.5. The number of hydrogen-bond acceptors (Lipinski definition) is 3. The highest BCUT2D eigenvalue weighted by molar-refractivity contribution is 7.98. The Hall–Kier alpha value is -0.250. The molecule has 2 heterocycles. The molecule has 0 atom stereocenters. The minimum Gasteiger partial charge on any atom is -0.148 e. The molecule has 0 saturated heterocycles. The molecule has 0 saturated carbocycles. The van der Waals surface area contributed by atoms with E-state index in [-0.39, 0.29) is 0 Å². The predicted molar refractivity (Wildman–Crippen MR) is 62.9 cm³/mol. The Kier molecular flexibility index (Phi) is 3.09. The van der Waals surface area contributed by atoms with Crippen molar-refractivity contribution >= 4 is 34.4 Å². The number of aryl methyl sites for hydroxylation is 1. The van der Waals surface area contributed by atoms with Crippen molar-refractivity contribution in [2.24, 2.45) is 0 Å². The maximum Gasteiger partial charge on any atom is 0.0326 e. The van der Waals surface area contributed by atoms with E-state index in [2.05, 4.69) is 35.9 Å². The molecule has 13 heavy (non-hydrogen) atoms. The molecule has 0 radical (unpaired) electrons. The summed E-state index contributed by atoms with van der Waals surface area (Å²) >= 11 is 5.59. The standard InChI is InChI=1S/C10H10S3/c1-8-10(4-6-11-8)13-7-9-3-2-5-12-9/h2-6H,7H2,1H3. The van der Waals surface area contributed by atoms with Crippen LogP contribution in [-0.2, 0) is 5.75 Å². The van der Waals surface area contributed by atoms with Crippen LogP contribution in [0.4, 0.5) is 0 Å². The first-order valence-electron chi connectivity index (χ1n) is 4.05. The Bertz CT molecular complexity index is 359. The van der Waals surface area contributed by atoms with Crippen molar-refractivity contribution in [3.63, 3.8) is 0 Å². The lowest BCUT2D eigenvalue weighted by molar-refractivity contribution is 1.40. The van der Waals surface area contributed by atoms with Crippen molar-refractivity contribution in [3.05, 3.63) is 38.7 Å². The molecule has 0 bridgehead atoms. The molecule has 0 spiro atoms. The smallest absolute Gasteiger partial charge is 0.0326 e. The van der Waals surface area contributed by atoms with E-state index in [0.717, 1.165) is 5.75 Å². The number of thiophene rings is 2. The minimum absolute atomic E-state index is 1.11. The Labute approximate surface area is 90.6 Å². The summed E-state index contributed by atoms with van der Waals surface area (Å²) in [5.74, 6) is 1.11. The quantitative estimate of drug-likeness (QED) is 0.699. The van der Waals surface area contributed by atoms with Crippen LogP contribution in [0.5, 0.6) is 0 Å². The van der Waals surface area contributed by atoms with Crippen molar-refractivity contribution in [2.75, 3.05) is 0 Å². The van der Waals surface area contributed by atoms with E-state index in [1.54, 1.807) is 0 Å². The van der Waals surface area contributed by atoms with Crippen LogP contribution in [0.3, 0.4) is 0 Å². The second-order valence-electron chi connectivity index (χ2n) is 2.71. The molecule has 68 valence electrons. The molecule has 3 heteroatoms. The van der Waals surface area contributed by atoms with Gasteiger partial charge in [-0.2, -0.15) is 0 Å². The summed E-state index contributed by atoms with van der Waals surface area (Å²) in [6, 6.07) is 6.51. The highest BCUT2D eigenvalue weighted by atomic mass is 32.2. The van der Waals surface area contributed by atoms with Gasteiger partial charge in [-0.15, -0.1) is 34.4 Å². The third-order valence-electron chi connectivity index (χ3n) is 1.76. The molecule has 0 aliphatic rings. The average Bonchev–Trinajstić information content (AvgIpc) is 2.72. The van der Waals surface area contributed by atoms with Crippen molar-refractivity contribution in [3.8, 4) is 0 Å². The zero-order valence-corrected chi connectivity index (χ0v) is 9.77. The van der Waals surface area contributed by atoms with Gasteiger partial charge in [-0.1, -0.05) is 6.07 Å². The summed E-state index contributed by atoms with van der Waals surface area (Å²) in [5, 5.41) is 4.29. The summed E-state index contributed by atoms with van der Waals surface area (Å²) in [7, 11) is 0. The first kappa shape index (κ1) is 9.31. The van der Waals surface area contributed by atoms with E-state index >= 15 is 0 Å². The van der Waals surface area contributed by atoms with E-state index in [1.807, 2.05) is 34.4 Å². The van der Waals surface area contributed by atoms with Gasteiger partial charge in [0.15, 0.2) is 0 Å². The van der Waals surface area contributed by atoms with Gasteiger partial charge in [-0.05, 0) is 29.8 Å². The average molecular weight is 226 g/mol. The molecule has 0 aliphatic carbocycles. The van der Waals surface area contributed by atoms with E-state index in [4.69, 9.17) is 0 Å². The highest BCUT2D eigenvalue weighted by Crippen LogP contribution is 2.30. The second kappa shape index (κ2) is 4.31. The summed E-state index contributed by atoms with van der Waals surface area (Å²) in [6.07, 6.45) is 0. The minimum atomic E-state index is 1.11. The van der Waals surface area contributed by atoms with Crippen LogP contribution in [0.15, 0.2) is 33.9 Å². The predicted octanol–water partition coefficient (Wildman–Crippen LogP) is 4.41. The van der Waals surface area contributed by atoms with Crippen LogP contribution in [0.1, 0.15) is 9.75 Å². The number of thioether (sulfide) groups is 1. The van der Waals surface area contributed by atoms with Crippen LogP contribution in [0.25, 0.3) is 0 Å². The summed E-state index contributed by atoms with van der Waals surface area (Å²) in [4.78, 5) is 4.32. The number of rotatable bonds is 3. The molecule has 0 aromatic carbocycles. The fourth-order valence-electron chi connectivity index (χ4n) is 1.07. The lowest BCUT2D eigenvalue weighted by atomic mass is 10.5. The summed E-state index contributed by atoms with van der Waals surface area (Å²) in [5.41, 5.74) is 0. The molecule has 0 unspecified atom stereocenters. The Morgan fingerprint density at radius 2 is 2.15 bits per heavy atom. The van der Waals surface area contributed by atoms with Crippen LogP contribution in [-0.4, -0.2) is 0 Å². The maximum atomic E-state index is 2.21. The van der Waals surface area contributed by atoms with Gasteiger partial charge in [0.05, 0.1) is 0 Å². The van der Waals surface area contributed by atoms with Crippen LogP contribution < -0.4 is 0 Å². The van der Waals surface area contributed by atoms with Crippen molar-refractivity contribution in [1.82, 2.24) is 0 Å². The third kappa shape index (κ3) is 2.36. The third-order valence-corrected chi connectivity index (χ3v) is 5.00. The molecule has 0 nitrogen and oxygen atoms in total. The molecular weight excluding hydrogens is 216 g/mol. The zero-order chi connectivity index (χ0) is 9.10. The van der Waals surface area contributed by atoms with Crippen LogP contribution in [0, 0.1) is 6.92 Å². The van der Waals surface area contributed by atoms with Crippen LogP contribution >= 0.6 is 34.4 Å². The van der Waals surface area contributed by atoms with Gasteiger partial charge in [0.2, 0.25) is 0 Å². The maximum absolute atomic E-state index is 2.21. The Morgan fingerprint density at radius 3 is 2.77 bits per heavy atom. The number of hydrogen-bond donors (Lipinski definition) is 0. The molecule has 0 aliphatic heterocycles. The van der Waals surface area contributed by atoms with E-state index in [1.165, 1.54) is 14.6 Å². The SMILES string of the molecule is Cc1sccc1SCc1cccs1. The monoisotopic (exact) mass is 226 g/mol. The van der Waals surface area contributed by atoms with Gasteiger partial charge in [0.25, 0.3) is 0 Å². The molecule has 0 amide bonds. The molecule has 0 N–H and O–H groups in total. The van der Waals surface area contributed by atoms with Crippen molar-refractivity contribution in [2.45, 2.75) is 17.6 Å². The van der Waals surface area contributed by atoms with E-state index < -0.39 is 0 Å². The Morgan fingerprint density at radius 1 is 1.23 bits per heavy atom. The summed E-state index contributed by atoms with van der Waals surface area (Å²) in [6.45, 7) is 2.18. The fraction of sp³-hybridized carbons (Fsp3) is 0.200. The van der Waals surface area contributed by atoms with E-state index in [9.17, 15) is 0 Å². The Balaban J connectivity index is 1.97. The molecular formula is C10H10S3. The highest BCUT2D eigenvalue weighted by Gasteiger charge is 2.00. The molecule has 2 aromatic heterocycles. The molecule has 2 aromatic rings. The largest absolute Gasteiger partial charge is 0.148 e. The summed E-state index contributed by atoms with van der Waals surface area (Å²) < 4.78 is 0. The lowest BCUT2D eigenvalue weighted by Gasteiger charge is -1.97. The molecule has 2 rings (SSSR count). The first-order valence-corrected chi connectivity index (χ1v) is 6.80. The van der Waals surface area contributed by atoms with Gasteiger partial charge in [-0.25, -0.2) is 0 Å². The lowest BCUT2D eigenvalue weighted by Crippen LogP contribution is -1.72. The second-order valence-corrected chi connectivity index (χ2v) is 5.88.